The predicted molar refractivity (Wildman–Crippen MR) is 78.5 cm³/mol. The summed E-state index contributed by atoms with van der Waals surface area (Å²) < 4.78 is 5.49. The van der Waals surface area contributed by atoms with Crippen molar-refractivity contribution in [3.8, 4) is 11.8 Å². The lowest BCUT2D eigenvalue weighted by Gasteiger charge is -2.30. The normalized spacial score (nSPS) is 17.6. The first-order valence-electron chi connectivity index (χ1n) is 6.10. The number of hydrogen-bond donors (Lipinski definition) is 3. The van der Waals surface area contributed by atoms with E-state index < -0.39 is 11.9 Å². The first-order chi connectivity index (χ1) is 9.93. The summed E-state index contributed by atoms with van der Waals surface area (Å²) >= 11 is 0. The van der Waals surface area contributed by atoms with Gasteiger partial charge in [0.05, 0.1) is 11.4 Å². The van der Waals surface area contributed by atoms with Crippen molar-refractivity contribution in [3.63, 3.8) is 0 Å². The molecule has 0 radical (unpaired) electrons. The van der Waals surface area contributed by atoms with Gasteiger partial charge < -0.3 is 15.4 Å². The molecule has 8 heteroatoms. The Morgan fingerprint density at radius 3 is 2.95 bits per heavy atom. The van der Waals surface area contributed by atoms with Gasteiger partial charge in [-0.3, -0.25) is 15.6 Å². The smallest absolute Gasteiger partial charge is 0.267 e. The zero-order valence-electron chi connectivity index (χ0n) is 11.5. The van der Waals surface area contributed by atoms with E-state index in [4.69, 9.17) is 21.1 Å². The van der Waals surface area contributed by atoms with Crippen LogP contribution in [0.15, 0.2) is 23.3 Å². The van der Waals surface area contributed by atoms with Crippen LogP contribution in [0.3, 0.4) is 0 Å². The molecule has 0 saturated carbocycles. The molecular formula is C13H14N6O2. The molecule has 1 atom stereocenters. The van der Waals surface area contributed by atoms with E-state index in [9.17, 15) is 4.79 Å². The van der Waals surface area contributed by atoms with E-state index in [1.54, 1.807) is 38.2 Å². The molecule has 21 heavy (non-hydrogen) atoms. The summed E-state index contributed by atoms with van der Waals surface area (Å²) in [6.07, 6.45) is -0.526. The molecule has 1 aliphatic rings. The van der Waals surface area contributed by atoms with Gasteiger partial charge in [0, 0.05) is 7.05 Å². The van der Waals surface area contributed by atoms with Crippen LogP contribution in [0.2, 0.25) is 0 Å². The van der Waals surface area contributed by atoms with Crippen LogP contribution in [0.1, 0.15) is 6.92 Å². The Bertz CT molecular complexity index is 676. The van der Waals surface area contributed by atoms with Gasteiger partial charge in [-0.1, -0.05) is 0 Å². The largest absolute Gasteiger partial charge is 0.479 e. The molecule has 0 bridgehead atoms. The number of amides is 1. The number of benzene rings is 1. The Balaban J connectivity index is 2.28. The molecule has 1 aromatic rings. The van der Waals surface area contributed by atoms with Crippen LogP contribution in [0.5, 0.6) is 5.75 Å². The van der Waals surface area contributed by atoms with Gasteiger partial charge in [-0.2, -0.15) is 10.4 Å². The number of hydrazone groups is 1. The van der Waals surface area contributed by atoms with Crippen LogP contribution in [-0.4, -0.2) is 30.6 Å². The molecule has 2 rings (SSSR count). The van der Waals surface area contributed by atoms with E-state index in [0.29, 0.717) is 17.1 Å². The first kappa shape index (κ1) is 14.3. The molecule has 108 valence electrons. The molecule has 8 nitrogen and oxygen atoms in total. The van der Waals surface area contributed by atoms with Crippen LogP contribution in [-0.2, 0) is 4.79 Å². The summed E-state index contributed by atoms with van der Waals surface area (Å²) in [5.74, 6) is 0.0169. The van der Waals surface area contributed by atoms with E-state index in [1.165, 1.54) is 4.90 Å². The lowest BCUT2D eigenvalue weighted by molar-refractivity contribution is -0.125. The number of anilines is 2. The molecule has 0 saturated heterocycles. The van der Waals surface area contributed by atoms with Gasteiger partial charge in [0.1, 0.15) is 11.8 Å². The number of carbonyl (C=O) groups excluding carboxylic acids is 1. The van der Waals surface area contributed by atoms with Gasteiger partial charge in [0.2, 0.25) is 5.71 Å². The molecule has 0 spiro atoms. The number of nitrogens with zero attached hydrogens (tertiary/aromatic N) is 3. The Morgan fingerprint density at radius 2 is 2.33 bits per heavy atom. The van der Waals surface area contributed by atoms with Crippen molar-refractivity contribution in [1.82, 2.24) is 0 Å². The number of amidine groups is 1. The second-order valence-corrected chi connectivity index (χ2v) is 4.44. The van der Waals surface area contributed by atoms with E-state index in [-0.39, 0.29) is 11.6 Å². The maximum Gasteiger partial charge on any atom is 0.267 e. The van der Waals surface area contributed by atoms with Crippen molar-refractivity contribution in [3.05, 3.63) is 18.2 Å². The van der Waals surface area contributed by atoms with Crippen LogP contribution >= 0.6 is 0 Å². The highest BCUT2D eigenvalue weighted by atomic mass is 16.5. The maximum absolute atomic E-state index is 11.9. The molecule has 0 fully saturated rings. The van der Waals surface area contributed by atoms with Crippen molar-refractivity contribution >= 4 is 28.8 Å². The average Bonchev–Trinajstić information content (AvgIpc) is 2.46. The summed E-state index contributed by atoms with van der Waals surface area (Å²) in [6.45, 7) is 1.68. The lowest BCUT2D eigenvalue weighted by Crippen LogP contribution is -2.41. The van der Waals surface area contributed by atoms with Gasteiger partial charge in [0.25, 0.3) is 5.91 Å². The maximum atomic E-state index is 11.9. The van der Waals surface area contributed by atoms with Gasteiger partial charge in [0.15, 0.2) is 11.9 Å². The van der Waals surface area contributed by atoms with Gasteiger partial charge in [-0.05, 0) is 25.1 Å². The Morgan fingerprint density at radius 1 is 1.62 bits per heavy atom. The Labute approximate surface area is 121 Å². The molecule has 1 unspecified atom stereocenters. The van der Waals surface area contributed by atoms with Crippen molar-refractivity contribution in [1.29, 1.82) is 10.7 Å². The highest BCUT2D eigenvalue weighted by molar-refractivity contribution is 6.45. The monoisotopic (exact) mass is 286 g/mol. The molecule has 1 heterocycles. The molecule has 1 amide bonds. The van der Waals surface area contributed by atoms with Gasteiger partial charge >= 0.3 is 0 Å². The minimum Gasteiger partial charge on any atom is -0.479 e. The van der Waals surface area contributed by atoms with Gasteiger partial charge in [-0.15, -0.1) is 0 Å². The minimum absolute atomic E-state index is 0.149. The number of nitriles is 1. The number of nitrogens with one attached hydrogen (secondary N) is 2. The molecule has 0 aromatic heterocycles. The lowest BCUT2D eigenvalue weighted by atomic mass is 10.2. The van der Waals surface area contributed by atoms with Crippen molar-refractivity contribution in [2.75, 3.05) is 17.4 Å². The van der Waals surface area contributed by atoms with Crippen molar-refractivity contribution in [2.24, 2.45) is 10.8 Å². The van der Waals surface area contributed by atoms with E-state index in [0.717, 1.165) is 0 Å². The van der Waals surface area contributed by atoms with Crippen LogP contribution in [0.25, 0.3) is 0 Å². The summed E-state index contributed by atoms with van der Waals surface area (Å²) in [4.78, 5) is 13.4. The predicted octanol–water partition coefficient (Wildman–Crippen LogP) is 0.658. The summed E-state index contributed by atoms with van der Waals surface area (Å²) in [7, 11) is 1.66. The number of carbonyl (C=O) groups is 1. The SMILES string of the molecule is CC1Oc2ccc(N/N=C(\C#N)C(=N)N)cc2N(C)C1=O. The first-order valence-corrected chi connectivity index (χ1v) is 6.10. The molecule has 1 aromatic carbocycles. The number of fused-ring (bicyclic) bond motifs is 1. The van der Waals surface area contributed by atoms with Crippen molar-refractivity contribution < 1.29 is 9.53 Å². The second kappa shape index (κ2) is 5.50. The third kappa shape index (κ3) is 2.76. The second-order valence-electron chi connectivity index (χ2n) is 4.44. The van der Waals surface area contributed by atoms with Crippen LogP contribution in [0, 0.1) is 16.7 Å². The van der Waals surface area contributed by atoms with E-state index in [2.05, 4.69) is 10.5 Å². The molecule has 0 aliphatic carbocycles. The number of likely N-dealkylation sites (N-methyl/N-ethyl adjacent to an activating group) is 1. The quantitative estimate of drug-likeness (QED) is 0.427. The number of hydrogen-bond acceptors (Lipinski definition) is 6. The third-order valence-corrected chi connectivity index (χ3v) is 2.96. The van der Waals surface area contributed by atoms with Crippen LogP contribution in [0.4, 0.5) is 11.4 Å². The zero-order valence-corrected chi connectivity index (χ0v) is 11.5. The van der Waals surface area contributed by atoms with Crippen molar-refractivity contribution in [2.45, 2.75) is 13.0 Å². The van der Waals surface area contributed by atoms with Crippen LogP contribution < -0.4 is 20.8 Å². The summed E-state index contributed by atoms with van der Waals surface area (Å²) in [5, 5.41) is 19.7. The third-order valence-electron chi connectivity index (χ3n) is 2.96. The number of ether oxygens (including phenoxy) is 1. The fraction of sp³-hybridized carbons (Fsp3) is 0.231. The van der Waals surface area contributed by atoms with E-state index >= 15 is 0 Å². The number of nitrogens with two attached hydrogens (primary N) is 1. The standard InChI is InChI=1S/C13H14N6O2/c1-7-13(20)19(2)10-5-8(3-4-11(10)21-7)17-18-9(6-14)12(15)16/h3-5,7,17H,1-2H3,(H3,15,16)/b18-9+. The Hall–Kier alpha value is -3.08. The fourth-order valence-electron chi connectivity index (χ4n) is 1.85. The highest BCUT2D eigenvalue weighted by Crippen LogP contribution is 2.35. The van der Waals surface area contributed by atoms with E-state index in [1.807, 2.05) is 0 Å². The highest BCUT2D eigenvalue weighted by Gasteiger charge is 2.28. The van der Waals surface area contributed by atoms with Gasteiger partial charge in [-0.25, -0.2) is 0 Å². The zero-order chi connectivity index (χ0) is 15.6. The Kier molecular flexibility index (Phi) is 3.75. The molecule has 4 N–H and O–H groups in total. The average molecular weight is 286 g/mol. The number of rotatable bonds is 3. The minimum atomic E-state index is -0.526. The summed E-state index contributed by atoms with van der Waals surface area (Å²) in [5.41, 5.74) is 8.74. The fourth-order valence-corrected chi connectivity index (χ4v) is 1.85. The molecular weight excluding hydrogens is 272 g/mol. The molecule has 1 aliphatic heterocycles. The topological polar surface area (TPSA) is 128 Å². The summed E-state index contributed by atoms with van der Waals surface area (Å²) in [6, 6.07) is 6.76.